The van der Waals surface area contributed by atoms with Gasteiger partial charge in [-0.15, -0.1) is 0 Å². The van der Waals surface area contributed by atoms with Crippen molar-refractivity contribution in [2.45, 2.75) is 0 Å². The highest BCUT2D eigenvalue weighted by atomic mass is 16.5. The maximum absolute atomic E-state index is 8.91. The summed E-state index contributed by atoms with van der Waals surface area (Å²) in [6.07, 6.45) is 5.74. The number of nitrogens with zero attached hydrogens (tertiary/aromatic N) is 5. The van der Waals surface area contributed by atoms with Crippen LogP contribution < -0.4 is 15.4 Å². The minimum absolute atomic E-state index is 0.236. The third kappa shape index (κ3) is 4.10. The van der Waals surface area contributed by atoms with E-state index >= 15 is 0 Å². The van der Waals surface area contributed by atoms with Crippen LogP contribution in [0, 0.1) is 11.3 Å². The Kier molecular flexibility index (Phi) is 5.66. The van der Waals surface area contributed by atoms with E-state index in [1.54, 1.807) is 7.11 Å². The van der Waals surface area contributed by atoms with E-state index in [-0.39, 0.29) is 5.82 Å². The van der Waals surface area contributed by atoms with Crippen LogP contribution in [0.15, 0.2) is 36.5 Å². The van der Waals surface area contributed by atoms with Crippen LogP contribution in [0.3, 0.4) is 0 Å². The molecule has 7 nitrogen and oxygen atoms in total. The summed E-state index contributed by atoms with van der Waals surface area (Å²) in [5, 5.41) is 8.91. The number of nitrogen functional groups attached to an aromatic ring is 1. The van der Waals surface area contributed by atoms with Crippen molar-refractivity contribution in [3.8, 4) is 11.8 Å². The average molecular weight is 350 g/mol. The summed E-state index contributed by atoms with van der Waals surface area (Å²) in [5.74, 6) is 1.70. The van der Waals surface area contributed by atoms with Gasteiger partial charge in [0.15, 0.2) is 0 Å². The molecule has 0 amide bonds. The van der Waals surface area contributed by atoms with Crippen molar-refractivity contribution in [1.29, 1.82) is 5.26 Å². The molecule has 1 fully saturated rings. The number of ether oxygens (including phenoxy) is 1. The second-order valence-electron chi connectivity index (χ2n) is 6.01. The molecule has 2 aromatic rings. The number of rotatable bonds is 5. The monoisotopic (exact) mass is 350 g/mol. The number of hydrogen-bond acceptors (Lipinski definition) is 7. The highest BCUT2D eigenvalue weighted by Crippen LogP contribution is 2.19. The van der Waals surface area contributed by atoms with E-state index in [0.29, 0.717) is 11.5 Å². The molecule has 1 aromatic heterocycles. The Hall–Kier alpha value is -3.11. The Morgan fingerprint density at radius 1 is 1.27 bits per heavy atom. The number of aromatic nitrogens is 2. The number of hydrogen-bond donors (Lipinski definition) is 1. The van der Waals surface area contributed by atoms with E-state index in [1.807, 2.05) is 30.3 Å². The zero-order chi connectivity index (χ0) is 18.4. The summed E-state index contributed by atoms with van der Waals surface area (Å²) in [6, 6.07) is 9.96. The van der Waals surface area contributed by atoms with Crippen molar-refractivity contribution in [2.24, 2.45) is 0 Å². The van der Waals surface area contributed by atoms with Gasteiger partial charge in [-0.25, -0.2) is 4.98 Å². The molecule has 0 unspecified atom stereocenters. The lowest BCUT2D eigenvalue weighted by atomic mass is 10.2. The fourth-order valence-corrected chi connectivity index (χ4v) is 2.89. The Balaban J connectivity index is 1.53. The van der Waals surface area contributed by atoms with Gasteiger partial charge in [-0.1, -0.05) is 30.4 Å². The van der Waals surface area contributed by atoms with Crippen molar-refractivity contribution in [2.75, 3.05) is 50.5 Å². The quantitative estimate of drug-likeness (QED) is 0.879. The summed E-state index contributed by atoms with van der Waals surface area (Å²) in [4.78, 5) is 12.9. The van der Waals surface area contributed by atoms with E-state index in [4.69, 9.17) is 15.7 Å². The van der Waals surface area contributed by atoms with E-state index in [1.165, 1.54) is 6.20 Å². The molecule has 0 bridgehead atoms. The molecule has 1 saturated heterocycles. The number of benzene rings is 1. The van der Waals surface area contributed by atoms with Crippen molar-refractivity contribution in [3.05, 3.63) is 47.7 Å². The van der Waals surface area contributed by atoms with Gasteiger partial charge in [-0.05, 0) is 6.07 Å². The van der Waals surface area contributed by atoms with Crippen molar-refractivity contribution < 1.29 is 4.74 Å². The van der Waals surface area contributed by atoms with Gasteiger partial charge < -0.3 is 15.4 Å². The maximum Gasteiger partial charge on any atom is 0.227 e. The molecule has 7 heteroatoms. The molecule has 0 aliphatic carbocycles. The summed E-state index contributed by atoms with van der Waals surface area (Å²) >= 11 is 0. The molecule has 134 valence electrons. The first-order valence-corrected chi connectivity index (χ1v) is 8.50. The molecule has 1 aromatic carbocycles. The third-order valence-corrected chi connectivity index (χ3v) is 4.38. The van der Waals surface area contributed by atoms with Gasteiger partial charge in [-0.3, -0.25) is 4.90 Å². The van der Waals surface area contributed by atoms with E-state index in [2.05, 4.69) is 31.9 Å². The smallest absolute Gasteiger partial charge is 0.227 e. The lowest BCUT2D eigenvalue weighted by molar-refractivity contribution is 0.283. The standard InChI is InChI=1S/C19H22N6O/c1-26-17-7-3-2-5-15(17)6-4-8-24-9-11-25(12-10-24)19-22-14-16(13-20)18(21)23-19/h2-7,14H,8-12H2,1H3,(H2,21,22,23). The SMILES string of the molecule is COc1ccccc1C=CCN1CCN(c2ncc(C#N)c(N)n2)CC1. The molecule has 0 atom stereocenters. The van der Waals surface area contributed by atoms with Crippen LogP contribution in [-0.4, -0.2) is 54.7 Å². The minimum atomic E-state index is 0.236. The number of piperazine rings is 1. The number of nitriles is 1. The van der Waals surface area contributed by atoms with Crippen LogP contribution in [-0.2, 0) is 0 Å². The molecule has 2 N–H and O–H groups in total. The molecular formula is C19H22N6O. The highest BCUT2D eigenvalue weighted by Gasteiger charge is 2.18. The van der Waals surface area contributed by atoms with Gasteiger partial charge in [-0.2, -0.15) is 10.2 Å². The normalized spacial score (nSPS) is 15.2. The third-order valence-electron chi connectivity index (χ3n) is 4.38. The summed E-state index contributed by atoms with van der Waals surface area (Å²) in [6.45, 7) is 4.36. The molecule has 3 rings (SSSR count). The second-order valence-corrected chi connectivity index (χ2v) is 6.01. The zero-order valence-electron chi connectivity index (χ0n) is 14.8. The first kappa shape index (κ1) is 17.7. The van der Waals surface area contributed by atoms with Crippen molar-refractivity contribution >= 4 is 17.8 Å². The van der Waals surface area contributed by atoms with Gasteiger partial charge in [0.2, 0.25) is 5.95 Å². The molecule has 0 radical (unpaired) electrons. The maximum atomic E-state index is 8.91. The van der Waals surface area contributed by atoms with Crippen molar-refractivity contribution in [3.63, 3.8) is 0 Å². The number of methoxy groups -OCH3 is 1. The summed E-state index contributed by atoms with van der Waals surface area (Å²) in [7, 11) is 1.68. The minimum Gasteiger partial charge on any atom is -0.496 e. The largest absolute Gasteiger partial charge is 0.496 e. The van der Waals surface area contributed by atoms with E-state index in [0.717, 1.165) is 44.0 Å². The van der Waals surface area contributed by atoms with Crippen LogP contribution in [0.1, 0.15) is 11.1 Å². The molecule has 1 aliphatic rings. The van der Waals surface area contributed by atoms with Gasteiger partial charge in [0.05, 0.1) is 13.3 Å². The van der Waals surface area contributed by atoms with Crippen LogP contribution in [0.5, 0.6) is 5.75 Å². The first-order valence-electron chi connectivity index (χ1n) is 8.50. The van der Waals surface area contributed by atoms with Crippen molar-refractivity contribution in [1.82, 2.24) is 14.9 Å². The molecule has 0 saturated carbocycles. The van der Waals surface area contributed by atoms with Gasteiger partial charge in [0.1, 0.15) is 23.2 Å². The molecule has 26 heavy (non-hydrogen) atoms. The van der Waals surface area contributed by atoms with E-state index in [9.17, 15) is 0 Å². The topological polar surface area (TPSA) is 91.3 Å². The van der Waals surface area contributed by atoms with Gasteiger partial charge in [0.25, 0.3) is 0 Å². The van der Waals surface area contributed by atoms with E-state index < -0.39 is 0 Å². The Bertz CT molecular complexity index is 821. The Morgan fingerprint density at radius 3 is 2.73 bits per heavy atom. The fraction of sp³-hybridized carbons (Fsp3) is 0.316. The Morgan fingerprint density at radius 2 is 2.04 bits per heavy atom. The number of anilines is 2. The molecule has 2 heterocycles. The highest BCUT2D eigenvalue weighted by molar-refractivity contribution is 5.57. The lowest BCUT2D eigenvalue weighted by Gasteiger charge is -2.34. The molecule has 0 spiro atoms. The predicted molar refractivity (Wildman–Crippen MR) is 102 cm³/mol. The molecule has 1 aliphatic heterocycles. The number of para-hydroxylation sites is 1. The van der Waals surface area contributed by atoms with Crippen LogP contribution in [0.25, 0.3) is 6.08 Å². The summed E-state index contributed by atoms with van der Waals surface area (Å²) in [5.41, 5.74) is 7.17. The second kappa shape index (κ2) is 8.32. The fourth-order valence-electron chi connectivity index (χ4n) is 2.89. The van der Waals surface area contributed by atoms with Crippen LogP contribution in [0.2, 0.25) is 0 Å². The predicted octanol–water partition coefficient (Wildman–Crippen LogP) is 1.77. The Labute approximate surface area is 153 Å². The average Bonchev–Trinajstić information content (AvgIpc) is 2.69. The first-order chi connectivity index (χ1) is 12.7. The van der Waals surface area contributed by atoms with Crippen LogP contribution in [0.4, 0.5) is 11.8 Å². The van der Waals surface area contributed by atoms with Gasteiger partial charge >= 0.3 is 0 Å². The molecular weight excluding hydrogens is 328 g/mol. The lowest BCUT2D eigenvalue weighted by Crippen LogP contribution is -2.47. The zero-order valence-corrected chi connectivity index (χ0v) is 14.8. The summed E-state index contributed by atoms with van der Waals surface area (Å²) < 4.78 is 5.36. The van der Waals surface area contributed by atoms with Gasteiger partial charge in [0, 0.05) is 38.3 Å². The number of nitrogens with two attached hydrogens (primary N) is 1. The van der Waals surface area contributed by atoms with Crippen LogP contribution >= 0.6 is 0 Å².